The van der Waals surface area contributed by atoms with Gasteiger partial charge in [-0.3, -0.25) is 14.3 Å². The molecule has 0 aliphatic carbocycles. The Labute approximate surface area is 209 Å². The lowest BCUT2D eigenvalue weighted by molar-refractivity contribution is 0.102. The largest absolute Gasteiger partial charge is 0.456 e. The molecule has 9 heteroatoms. The van der Waals surface area contributed by atoms with Crippen LogP contribution in [0.1, 0.15) is 32.1 Å². The van der Waals surface area contributed by atoms with Gasteiger partial charge >= 0.3 is 0 Å². The van der Waals surface area contributed by atoms with E-state index in [1.807, 2.05) is 6.92 Å². The molecule has 0 radical (unpaired) electrons. The average Bonchev–Trinajstić information content (AvgIpc) is 3.43. The number of carbonyl (C=O) groups excluding carboxylic acids is 2. The Balaban J connectivity index is 1.43. The van der Waals surface area contributed by atoms with Gasteiger partial charge in [-0.15, -0.1) is 0 Å². The molecular weight excluding hydrogens is 488 g/mol. The second-order valence-electron chi connectivity index (χ2n) is 8.24. The first-order chi connectivity index (χ1) is 17.3. The van der Waals surface area contributed by atoms with Gasteiger partial charge < -0.3 is 9.73 Å². The number of hydrogen-bond donors (Lipinski definition) is 1. The van der Waals surface area contributed by atoms with Gasteiger partial charge in [-0.2, -0.15) is 5.10 Å². The normalized spacial score (nSPS) is 11.1. The number of aromatic nitrogens is 2. The fourth-order valence-electron chi connectivity index (χ4n) is 3.91. The van der Waals surface area contributed by atoms with E-state index in [4.69, 9.17) is 16.0 Å². The van der Waals surface area contributed by atoms with Crippen molar-refractivity contribution in [1.29, 1.82) is 0 Å². The molecular formula is C27H18ClF2N3O3. The fourth-order valence-corrected chi connectivity index (χ4v) is 4.16. The molecule has 0 saturated heterocycles. The van der Waals surface area contributed by atoms with Crippen LogP contribution in [0.15, 0.2) is 71.1 Å². The molecule has 3 aromatic carbocycles. The van der Waals surface area contributed by atoms with Crippen molar-refractivity contribution in [2.75, 3.05) is 5.32 Å². The number of rotatable bonds is 6. The molecule has 36 heavy (non-hydrogen) atoms. The third-order valence-corrected chi connectivity index (χ3v) is 5.91. The standard InChI is InChI=1S/C27H18ClF2N3O3/c1-15-8-24(27(35)31-21-5-2-16(14-34)3-6-21)32-33(15)13-18-10-19(28)9-17-11-25(36-26(17)18)22-7-4-20(29)12-23(22)30/h2-12,14H,13H2,1H3,(H,31,35). The topological polar surface area (TPSA) is 77.1 Å². The van der Waals surface area contributed by atoms with Crippen molar-refractivity contribution >= 4 is 40.5 Å². The highest BCUT2D eigenvalue weighted by atomic mass is 35.5. The van der Waals surface area contributed by atoms with Gasteiger partial charge in [-0.25, -0.2) is 8.78 Å². The third-order valence-electron chi connectivity index (χ3n) is 5.69. The Hall–Kier alpha value is -4.30. The maximum Gasteiger partial charge on any atom is 0.276 e. The lowest BCUT2D eigenvalue weighted by atomic mass is 10.1. The van der Waals surface area contributed by atoms with Crippen LogP contribution in [-0.4, -0.2) is 22.0 Å². The highest BCUT2D eigenvalue weighted by Crippen LogP contribution is 2.34. The second-order valence-corrected chi connectivity index (χ2v) is 8.68. The molecule has 0 fully saturated rings. The van der Waals surface area contributed by atoms with Crippen molar-refractivity contribution in [3.8, 4) is 11.3 Å². The van der Waals surface area contributed by atoms with E-state index in [0.717, 1.165) is 24.1 Å². The van der Waals surface area contributed by atoms with Crippen LogP contribution in [0.25, 0.3) is 22.3 Å². The summed E-state index contributed by atoms with van der Waals surface area (Å²) in [5.74, 6) is -1.58. The maximum atomic E-state index is 14.3. The van der Waals surface area contributed by atoms with E-state index in [1.54, 1.807) is 53.2 Å². The third kappa shape index (κ3) is 4.63. The van der Waals surface area contributed by atoms with Crippen molar-refractivity contribution in [3.63, 3.8) is 0 Å². The minimum absolute atomic E-state index is 0.130. The summed E-state index contributed by atoms with van der Waals surface area (Å²) in [6.45, 7) is 2.05. The first-order valence-electron chi connectivity index (χ1n) is 10.9. The smallest absolute Gasteiger partial charge is 0.276 e. The van der Waals surface area contributed by atoms with E-state index in [9.17, 15) is 18.4 Å². The maximum absolute atomic E-state index is 14.3. The molecule has 6 nitrogen and oxygen atoms in total. The first kappa shape index (κ1) is 23.4. The second kappa shape index (κ2) is 9.39. The molecule has 0 atom stereocenters. The van der Waals surface area contributed by atoms with Crippen LogP contribution in [0.4, 0.5) is 14.5 Å². The molecule has 0 bridgehead atoms. The highest BCUT2D eigenvalue weighted by molar-refractivity contribution is 6.31. The molecule has 2 heterocycles. The number of fused-ring (bicyclic) bond motifs is 1. The summed E-state index contributed by atoms with van der Waals surface area (Å²) in [6, 6.07) is 16.5. The summed E-state index contributed by atoms with van der Waals surface area (Å²) >= 11 is 6.32. The summed E-state index contributed by atoms with van der Waals surface area (Å²) in [7, 11) is 0. The Bertz CT molecular complexity index is 1620. The van der Waals surface area contributed by atoms with Gasteiger partial charge in [-0.1, -0.05) is 11.6 Å². The predicted octanol–water partition coefficient (Wildman–Crippen LogP) is 6.65. The van der Waals surface area contributed by atoms with Gasteiger partial charge in [0.15, 0.2) is 5.69 Å². The van der Waals surface area contributed by atoms with Gasteiger partial charge in [0, 0.05) is 39.0 Å². The predicted molar refractivity (Wildman–Crippen MR) is 132 cm³/mol. The molecule has 1 amide bonds. The molecule has 0 spiro atoms. The lowest BCUT2D eigenvalue weighted by Crippen LogP contribution is -2.13. The van der Waals surface area contributed by atoms with E-state index in [1.165, 1.54) is 6.07 Å². The minimum atomic E-state index is -0.735. The Morgan fingerprint density at radius 3 is 2.58 bits per heavy atom. The Morgan fingerprint density at radius 1 is 1.08 bits per heavy atom. The molecule has 2 aromatic heterocycles. The molecule has 0 unspecified atom stereocenters. The molecule has 180 valence electrons. The summed E-state index contributed by atoms with van der Waals surface area (Å²) in [5, 5.41) is 8.27. The van der Waals surface area contributed by atoms with Gasteiger partial charge in [0.1, 0.15) is 29.3 Å². The summed E-state index contributed by atoms with van der Waals surface area (Å²) in [6.07, 6.45) is 0.724. The van der Waals surface area contributed by atoms with Crippen molar-refractivity contribution in [1.82, 2.24) is 9.78 Å². The number of aryl methyl sites for hydroxylation is 1. The zero-order chi connectivity index (χ0) is 25.4. The van der Waals surface area contributed by atoms with Gasteiger partial charge in [0.05, 0.1) is 12.1 Å². The van der Waals surface area contributed by atoms with E-state index in [0.29, 0.717) is 32.8 Å². The van der Waals surface area contributed by atoms with Crippen molar-refractivity contribution < 1.29 is 22.8 Å². The van der Waals surface area contributed by atoms with Crippen LogP contribution < -0.4 is 5.32 Å². The van der Waals surface area contributed by atoms with Gasteiger partial charge in [-0.05, 0) is 67.6 Å². The van der Waals surface area contributed by atoms with Crippen LogP contribution in [-0.2, 0) is 6.54 Å². The minimum Gasteiger partial charge on any atom is -0.456 e. The average molecular weight is 506 g/mol. The molecule has 5 rings (SSSR count). The number of furan rings is 1. The van der Waals surface area contributed by atoms with Crippen LogP contribution in [0.5, 0.6) is 0 Å². The van der Waals surface area contributed by atoms with E-state index < -0.39 is 17.5 Å². The molecule has 0 aliphatic rings. The number of nitrogens with one attached hydrogen (secondary N) is 1. The number of amides is 1. The van der Waals surface area contributed by atoms with Crippen molar-refractivity contribution in [2.45, 2.75) is 13.5 Å². The number of aldehydes is 1. The van der Waals surface area contributed by atoms with Crippen LogP contribution in [0, 0.1) is 18.6 Å². The van der Waals surface area contributed by atoms with E-state index in [-0.39, 0.29) is 23.6 Å². The molecule has 1 N–H and O–H groups in total. The highest BCUT2D eigenvalue weighted by Gasteiger charge is 2.18. The first-order valence-corrected chi connectivity index (χ1v) is 11.3. The number of hydrogen-bond acceptors (Lipinski definition) is 4. The van der Waals surface area contributed by atoms with Crippen LogP contribution >= 0.6 is 11.6 Å². The number of carbonyl (C=O) groups is 2. The van der Waals surface area contributed by atoms with Crippen LogP contribution in [0.3, 0.4) is 0 Å². The Kier molecular flexibility index (Phi) is 6.12. The fraction of sp³-hybridized carbons (Fsp3) is 0.0741. The quantitative estimate of drug-likeness (QED) is 0.262. The van der Waals surface area contributed by atoms with E-state index >= 15 is 0 Å². The number of benzene rings is 3. The molecule has 0 aliphatic heterocycles. The molecule has 0 saturated carbocycles. The van der Waals surface area contributed by atoms with Crippen molar-refractivity contribution in [2.24, 2.45) is 0 Å². The zero-order valence-electron chi connectivity index (χ0n) is 18.9. The SMILES string of the molecule is Cc1cc(C(=O)Nc2ccc(C=O)cc2)nn1Cc1cc(Cl)cc2cc(-c3ccc(F)cc3F)oc12. The molecule has 5 aromatic rings. The van der Waals surface area contributed by atoms with Gasteiger partial charge in [0.2, 0.25) is 0 Å². The summed E-state index contributed by atoms with van der Waals surface area (Å²) in [5.41, 5.74) is 3.25. The van der Waals surface area contributed by atoms with E-state index in [2.05, 4.69) is 10.4 Å². The number of nitrogens with zero attached hydrogens (tertiary/aromatic N) is 2. The summed E-state index contributed by atoms with van der Waals surface area (Å²) < 4.78 is 35.3. The zero-order valence-corrected chi connectivity index (χ0v) is 19.6. The lowest BCUT2D eigenvalue weighted by Gasteiger charge is -2.07. The van der Waals surface area contributed by atoms with Gasteiger partial charge in [0.25, 0.3) is 5.91 Å². The van der Waals surface area contributed by atoms with Crippen LogP contribution in [0.2, 0.25) is 5.02 Å². The summed E-state index contributed by atoms with van der Waals surface area (Å²) in [4.78, 5) is 23.5. The van der Waals surface area contributed by atoms with Crippen molar-refractivity contribution in [3.05, 3.63) is 106 Å². The monoisotopic (exact) mass is 505 g/mol. The Morgan fingerprint density at radius 2 is 1.86 bits per heavy atom. The number of anilines is 1. The number of halogens is 3.